The lowest BCUT2D eigenvalue weighted by atomic mass is 10.2. The zero-order valence-corrected chi connectivity index (χ0v) is 12.9. The molecule has 1 N–H and O–H groups in total. The number of anilines is 1. The number of benzene rings is 1. The highest BCUT2D eigenvalue weighted by molar-refractivity contribution is 5.89. The van der Waals surface area contributed by atoms with E-state index in [2.05, 4.69) is 15.5 Å². The Kier molecular flexibility index (Phi) is 3.92. The molecule has 0 fully saturated rings. The predicted molar refractivity (Wildman–Crippen MR) is 85.2 cm³/mol. The lowest BCUT2D eigenvalue weighted by Crippen LogP contribution is -2.23. The van der Waals surface area contributed by atoms with Crippen molar-refractivity contribution in [1.29, 1.82) is 0 Å². The van der Waals surface area contributed by atoms with Crippen LogP contribution in [0, 0.1) is 13.8 Å². The number of fused-ring (bicyclic) bond motifs is 1. The van der Waals surface area contributed by atoms with Gasteiger partial charge in [0.05, 0.1) is 17.2 Å². The molecule has 0 saturated heterocycles. The fourth-order valence-corrected chi connectivity index (χ4v) is 2.28. The molecule has 0 radical (unpaired) electrons. The van der Waals surface area contributed by atoms with Crippen molar-refractivity contribution in [3.05, 3.63) is 52.3 Å². The molecule has 0 saturated carbocycles. The van der Waals surface area contributed by atoms with Crippen LogP contribution < -0.4 is 10.9 Å². The Morgan fingerprint density at radius 3 is 2.87 bits per heavy atom. The maximum Gasteiger partial charge on any atom is 0.261 e. The lowest BCUT2D eigenvalue weighted by molar-refractivity contribution is -0.116. The SMILES string of the molecule is Cc1ccc2ncn(CCC(=O)Nc3cc(C)on3)c(=O)c2c1. The van der Waals surface area contributed by atoms with E-state index in [-0.39, 0.29) is 24.4 Å². The minimum atomic E-state index is -0.241. The third-order valence-electron chi connectivity index (χ3n) is 3.45. The van der Waals surface area contributed by atoms with Crippen molar-refractivity contribution in [3.8, 4) is 0 Å². The van der Waals surface area contributed by atoms with Crippen molar-refractivity contribution in [2.45, 2.75) is 26.8 Å². The zero-order chi connectivity index (χ0) is 16.4. The number of nitrogens with one attached hydrogen (secondary N) is 1. The van der Waals surface area contributed by atoms with Crippen molar-refractivity contribution in [1.82, 2.24) is 14.7 Å². The van der Waals surface area contributed by atoms with Crippen LogP contribution in [0.15, 0.2) is 39.9 Å². The van der Waals surface area contributed by atoms with Crippen LogP contribution in [-0.2, 0) is 11.3 Å². The van der Waals surface area contributed by atoms with Crippen molar-refractivity contribution >= 4 is 22.6 Å². The van der Waals surface area contributed by atoms with E-state index >= 15 is 0 Å². The molecule has 0 spiro atoms. The van der Waals surface area contributed by atoms with Crippen molar-refractivity contribution < 1.29 is 9.32 Å². The average molecular weight is 312 g/mol. The first kappa shape index (κ1) is 15.0. The smallest absolute Gasteiger partial charge is 0.261 e. The topological polar surface area (TPSA) is 90.0 Å². The van der Waals surface area contributed by atoms with Gasteiger partial charge in [0.1, 0.15) is 5.76 Å². The molecule has 118 valence electrons. The summed E-state index contributed by atoms with van der Waals surface area (Å²) in [4.78, 5) is 28.6. The van der Waals surface area contributed by atoms with Crippen LogP contribution >= 0.6 is 0 Å². The third kappa shape index (κ3) is 3.28. The molecule has 0 unspecified atom stereocenters. The Balaban J connectivity index is 1.73. The molecule has 2 aromatic heterocycles. The normalized spacial score (nSPS) is 10.9. The lowest BCUT2D eigenvalue weighted by Gasteiger charge is -2.07. The summed E-state index contributed by atoms with van der Waals surface area (Å²) in [5.41, 5.74) is 1.50. The molecular weight excluding hydrogens is 296 g/mol. The summed E-state index contributed by atoms with van der Waals surface area (Å²) < 4.78 is 6.32. The van der Waals surface area contributed by atoms with Crippen LogP contribution in [0.5, 0.6) is 0 Å². The number of carbonyl (C=O) groups excluding carboxylic acids is 1. The molecule has 0 bridgehead atoms. The number of hydrogen-bond donors (Lipinski definition) is 1. The monoisotopic (exact) mass is 312 g/mol. The predicted octanol–water partition coefficient (Wildman–Crippen LogP) is 2.03. The number of nitrogens with zero attached hydrogens (tertiary/aromatic N) is 3. The zero-order valence-electron chi connectivity index (χ0n) is 12.9. The Labute approximate surface area is 131 Å². The highest BCUT2D eigenvalue weighted by atomic mass is 16.5. The van der Waals surface area contributed by atoms with Gasteiger partial charge in [-0.3, -0.25) is 14.2 Å². The summed E-state index contributed by atoms with van der Waals surface area (Å²) in [6, 6.07) is 7.16. The van der Waals surface area contributed by atoms with Crippen LogP contribution in [0.25, 0.3) is 10.9 Å². The number of carbonyl (C=O) groups is 1. The van der Waals surface area contributed by atoms with Gasteiger partial charge in [-0.25, -0.2) is 4.98 Å². The van der Waals surface area contributed by atoms with Gasteiger partial charge in [0.25, 0.3) is 5.56 Å². The Bertz CT molecular complexity index is 926. The average Bonchev–Trinajstić information content (AvgIpc) is 2.92. The Morgan fingerprint density at radius 1 is 1.30 bits per heavy atom. The molecule has 0 aliphatic heterocycles. The minimum absolute atomic E-state index is 0.144. The van der Waals surface area contributed by atoms with Gasteiger partial charge in [0.2, 0.25) is 5.91 Å². The number of rotatable bonds is 4. The number of hydrogen-bond acceptors (Lipinski definition) is 5. The fraction of sp³-hybridized carbons (Fsp3) is 0.250. The van der Waals surface area contributed by atoms with Gasteiger partial charge in [-0.1, -0.05) is 16.8 Å². The quantitative estimate of drug-likeness (QED) is 0.796. The molecular formula is C16H16N4O3. The second kappa shape index (κ2) is 6.04. The second-order valence-corrected chi connectivity index (χ2v) is 5.38. The summed E-state index contributed by atoms with van der Waals surface area (Å²) in [5, 5.41) is 6.87. The van der Waals surface area contributed by atoms with Gasteiger partial charge >= 0.3 is 0 Å². The van der Waals surface area contributed by atoms with E-state index in [1.807, 2.05) is 19.1 Å². The minimum Gasteiger partial charge on any atom is -0.360 e. The van der Waals surface area contributed by atoms with E-state index in [0.717, 1.165) is 5.56 Å². The van der Waals surface area contributed by atoms with Gasteiger partial charge in [-0.15, -0.1) is 0 Å². The first-order valence-corrected chi connectivity index (χ1v) is 7.22. The summed E-state index contributed by atoms with van der Waals surface area (Å²) in [6.45, 7) is 3.91. The van der Waals surface area contributed by atoms with Crippen LogP contribution in [-0.4, -0.2) is 20.6 Å². The molecule has 2 heterocycles. The molecule has 7 nitrogen and oxygen atoms in total. The Morgan fingerprint density at radius 2 is 2.13 bits per heavy atom. The van der Waals surface area contributed by atoms with Gasteiger partial charge in [-0.05, 0) is 26.0 Å². The van der Waals surface area contributed by atoms with Crippen molar-refractivity contribution in [3.63, 3.8) is 0 Å². The molecule has 7 heteroatoms. The first-order valence-electron chi connectivity index (χ1n) is 7.22. The van der Waals surface area contributed by atoms with Crippen LogP contribution in [0.2, 0.25) is 0 Å². The van der Waals surface area contributed by atoms with E-state index in [0.29, 0.717) is 22.5 Å². The van der Waals surface area contributed by atoms with E-state index < -0.39 is 0 Å². The molecule has 0 aliphatic rings. The van der Waals surface area contributed by atoms with E-state index in [1.54, 1.807) is 19.1 Å². The van der Waals surface area contributed by atoms with Crippen LogP contribution in [0.3, 0.4) is 0 Å². The Hall–Kier alpha value is -2.96. The molecule has 0 aliphatic carbocycles. The van der Waals surface area contributed by atoms with Crippen molar-refractivity contribution in [2.24, 2.45) is 0 Å². The fourth-order valence-electron chi connectivity index (χ4n) is 2.28. The maximum absolute atomic E-state index is 12.4. The summed E-state index contributed by atoms with van der Waals surface area (Å²) in [7, 11) is 0. The summed E-state index contributed by atoms with van der Waals surface area (Å²) in [5.74, 6) is 0.743. The standard InChI is InChI=1S/C16H16N4O3/c1-10-3-4-13-12(7-10)16(22)20(9-17-13)6-5-15(21)18-14-8-11(2)23-19-14/h3-4,7-9H,5-6H2,1-2H3,(H,18,19,21). The maximum atomic E-state index is 12.4. The number of aromatic nitrogens is 3. The number of amides is 1. The van der Waals surface area contributed by atoms with E-state index in [9.17, 15) is 9.59 Å². The van der Waals surface area contributed by atoms with Crippen LogP contribution in [0.1, 0.15) is 17.7 Å². The molecule has 0 atom stereocenters. The number of aryl methyl sites for hydroxylation is 3. The highest BCUT2D eigenvalue weighted by Gasteiger charge is 2.09. The van der Waals surface area contributed by atoms with Gasteiger partial charge in [0.15, 0.2) is 5.82 Å². The molecule has 1 aromatic carbocycles. The van der Waals surface area contributed by atoms with Crippen LogP contribution in [0.4, 0.5) is 5.82 Å². The molecule has 1 amide bonds. The van der Waals surface area contributed by atoms with Gasteiger partial charge in [-0.2, -0.15) is 0 Å². The molecule has 3 aromatic rings. The highest BCUT2D eigenvalue weighted by Crippen LogP contribution is 2.10. The summed E-state index contributed by atoms with van der Waals surface area (Å²) >= 11 is 0. The summed E-state index contributed by atoms with van der Waals surface area (Å²) in [6.07, 6.45) is 1.61. The van der Waals surface area contributed by atoms with Gasteiger partial charge in [0, 0.05) is 19.0 Å². The van der Waals surface area contributed by atoms with Gasteiger partial charge < -0.3 is 9.84 Å². The van der Waals surface area contributed by atoms with Crippen molar-refractivity contribution in [2.75, 3.05) is 5.32 Å². The largest absolute Gasteiger partial charge is 0.360 e. The molecule has 3 rings (SSSR count). The first-order chi connectivity index (χ1) is 11.0. The third-order valence-corrected chi connectivity index (χ3v) is 3.45. The second-order valence-electron chi connectivity index (χ2n) is 5.38. The van der Waals surface area contributed by atoms with E-state index in [1.165, 1.54) is 10.9 Å². The molecule has 23 heavy (non-hydrogen) atoms. The van der Waals surface area contributed by atoms with E-state index in [4.69, 9.17) is 4.52 Å².